The number of aliphatic imine (C=N–C) groups is 1. The maximum atomic E-state index is 11.8. The Morgan fingerprint density at radius 1 is 1.26 bits per heavy atom. The summed E-state index contributed by atoms with van der Waals surface area (Å²) in [7, 11) is 1.42. The molecule has 1 aliphatic carbocycles. The number of ether oxygens (including phenoxy) is 1. The van der Waals surface area contributed by atoms with Gasteiger partial charge in [0.2, 0.25) is 5.78 Å². The van der Waals surface area contributed by atoms with Crippen molar-refractivity contribution in [2.75, 3.05) is 13.7 Å². The lowest BCUT2D eigenvalue weighted by Gasteiger charge is -2.33. The molecule has 1 unspecified atom stereocenters. The van der Waals surface area contributed by atoms with Crippen LogP contribution in [0.3, 0.4) is 0 Å². The summed E-state index contributed by atoms with van der Waals surface area (Å²) in [5, 5.41) is 21.6. The van der Waals surface area contributed by atoms with Crippen molar-refractivity contribution in [2.45, 2.75) is 11.8 Å². The van der Waals surface area contributed by atoms with Gasteiger partial charge in [0.15, 0.2) is 11.5 Å². The Balaban J connectivity index is 2.09. The number of aromatic hydroxyl groups is 2. The molecule has 7 nitrogen and oxygen atoms in total. The summed E-state index contributed by atoms with van der Waals surface area (Å²) in [6.45, 7) is 0.436. The van der Waals surface area contributed by atoms with E-state index in [2.05, 4.69) is 15.0 Å². The van der Waals surface area contributed by atoms with E-state index in [1.54, 1.807) is 12.2 Å². The number of fused-ring (bicyclic) bond motifs is 3. The number of phenolic OH excluding ortho intramolecular Hbond substituents is 2. The Kier molecular flexibility index (Phi) is 2.69. The number of carbonyl (C=O) groups excluding carboxylic acids is 1. The predicted molar refractivity (Wildman–Crippen MR) is 80.6 cm³/mol. The van der Waals surface area contributed by atoms with E-state index < -0.39 is 5.41 Å². The van der Waals surface area contributed by atoms with Gasteiger partial charge in [-0.2, -0.15) is 0 Å². The molecule has 1 aromatic rings. The number of methoxy groups -OCH3 is 1. The van der Waals surface area contributed by atoms with Gasteiger partial charge in [0, 0.05) is 17.5 Å². The van der Waals surface area contributed by atoms with Crippen molar-refractivity contribution in [2.24, 2.45) is 15.0 Å². The molecular formula is C16H13N3O4. The van der Waals surface area contributed by atoms with Crippen molar-refractivity contribution in [1.82, 2.24) is 0 Å². The SMILES string of the molecule is COC1=CC2(C=CC1=O)CCN=c1c(O)c3c(c(O)c12)=NC=N3. The monoisotopic (exact) mass is 311 g/mol. The molecule has 0 radical (unpaired) electrons. The molecule has 1 spiro atoms. The zero-order chi connectivity index (χ0) is 16.2. The highest BCUT2D eigenvalue weighted by atomic mass is 16.5. The van der Waals surface area contributed by atoms with Gasteiger partial charge in [0.05, 0.1) is 7.11 Å². The van der Waals surface area contributed by atoms with E-state index in [-0.39, 0.29) is 39.4 Å². The highest BCUT2D eigenvalue weighted by Gasteiger charge is 2.40. The van der Waals surface area contributed by atoms with E-state index in [0.717, 1.165) is 0 Å². The van der Waals surface area contributed by atoms with Gasteiger partial charge in [0.1, 0.15) is 28.5 Å². The van der Waals surface area contributed by atoms with E-state index in [0.29, 0.717) is 18.5 Å². The third-order valence-corrected chi connectivity index (χ3v) is 4.39. The smallest absolute Gasteiger partial charge is 0.219 e. The number of hydrogen-bond acceptors (Lipinski definition) is 7. The Bertz CT molecular complexity index is 959. The summed E-state index contributed by atoms with van der Waals surface area (Å²) in [6, 6.07) is 0. The molecule has 3 aliphatic rings. The fraction of sp³-hybridized carbons (Fsp3) is 0.250. The van der Waals surface area contributed by atoms with E-state index >= 15 is 0 Å². The second-order valence-electron chi connectivity index (χ2n) is 5.57. The molecule has 0 saturated carbocycles. The Hall–Kier alpha value is -2.96. The molecule has 2 aliphatic heterocycles. The molecule has 7 heteroatoms. The lowest BCUT2D eigenvalue weighted by Crippen LogP contribution is -2.38. The van der Waals surface area contributed by atoms with Crippen LogP contribution in [0.2, 0.25) is 0 Å². The first kappa shape index (κ1) is 13.7. The standard InChI is InChI=1S/C16H13N3O4/c1-23-9-6-16(3-2-8(9)20)4-5-17-11-10(16)14(21)12-13(15(11)22)19-7-18-12/h2-3,6-7,21-22H,4-5H2,1H3. The predicted octanol–water partition coefficient (Wildman–Crippen LogP) is 0.321. The molecule has 2 N–H and O–H groups in total. The highest BCUT2D eigenvalue weighted by Crippen LogP contribution is 2.41. The molecule has 23 heavy (non-hydrogen) atoms. The zero-order valence-corrected chi connectivity index (χ0v) is 12.3. The van der Waals surface area contributed by atoms with Crippen molar-refractivity contribution < 1.29 is 19.7 Å². The first-order chi connectivity index (χ1) is 11.1. The number of rotatable bonds is 1. The summed E-state index contributed by atoms with van der Waals surface area (Å²) >= 11 is 0. The topological polar surface area (TPSA) is 104 Å². The molecule has 1 atom stereocenters. The van der Waals surface area contributed by atoms with Crippen LogP contribution in [-0.2, 0) is 14.9 Å². The Labute approximate surface area is 130 Å². The van der Waals surface area contributed by atoms with Crippen LogP contribution >= 0.6 is 0 Å². The van der Waals surface area contributed by atoms with Crippen LogP contribution in [0.4, 0.5) is 5.69 Å². The lowest BCUT2D eigenvalue weighted by molar-refractivity contribution is -0.114. The van der Waals surface area contributed by atoms with Crippen molar-refractivity contribution in [3.63, 3.8) is 0 Å². The van der Waals surface area contributed by atoms with Crippen molar-refractivity contribution in [3.8, 4) is 11.5 Å². The maximum Gasteiger partial charge on any atom is 0.219 e. The molecular weight excluding hydrogens is 298 g/mol. The summed E-state index contributed by atoms with van der Waals surface area (Å²) in [5.41, 5.74) is -0.133. The average molecular weight is 311 g/mol. The zero-order valence-electron chi connectivity index (χ0n) is 12.3. The van der Waals surface area contributed by atoms with Crippen LogP contribution in [0, 0.1) is 0 Å². The summed E-state index contributed by atoms with van der Waals surface area (Å²) in [6.07, 6.45) is 6.63. The molecule has 0 bridgehead atoms. The van der Waals surface area contributed by atoms with Crippen LogP contribution < -0.4 is 10.7 Å². The van der Waals surface area contributed by atoms with Crippen molar-refractivity contribution >= 4 is 17.8 Å². The average Bonchev–Trinajstić information content (AvgIpc) is 3.05. The summed E-state index contributed by atoms with van der Waals surface area (Å²) in [5.74, 6) is -0.227. The second kappa shape index (κ2) is 4.52. The van der Waals surface area contributed by atoms with E-state index in [1.807, 2.05) is 0 Å². The van der Waals surface area contributed by atoms with Gasteiger partial charge in [-0.1, -0.05) is 6.08 Å². The number of carbonyl (C=O) groups is 1. The minimum Gasteiger partial charge on any atom is -0.505 e. The van der Waals surface area contributed by atoms with Crippen molar-refractivity contribution in [1.29, 1.82) is 0 Å². The van der Waals surface area contributed by atoms with E-state index in [9.17, 15) is 15.0 Å². The molecule has 0 aromatic heterocycles. The molecule has 0 fully saturated rings. The number of benzene rings is 1. The molecule has 0 saturated heterocycles. The fourth-order valence-corrected chi connectivity index (χ4v) is 3.28. The second-order valence-corrected chi connectivity index (χ2v) is 5.57. The minimum atomic E-state index is -0.773. The first-order valence-electron chi connectivity index (χ1n) is 7.11. The maximum absolute atomic E-state index is 11.8. The van der Waals surface area contributed by atoms with Crippen LogP contribution in [0.1, 0.15) is 12.0 Å². The summed E-state index contributed by atoms with van der Waals surface area (Å²) < 4.78 is 5.15. The lowest BCUT2D eigenvalue weighted by atomic mass is 9.72. The third-order valence-electron chi connectivity index (χ3n) is 4.39. The van der Waals surface area contributed by atoms with Gasteiger partial charge >= 0.3 is 0 Å². The van der Waals surface area contributed by atoms with Crippen molar-refractivity contribution in [3.05, 3.63) is 40.3 Å². The highest BCUT2D eigenvalue weighted by molar-refractivity contribution is 6.04. The normalized spacial score (nSPS) is 23.9. The quantitative estimate of drug-likeness (QED) is 0.729. The van der Waals surface area contributed by atoms with Gasteiger partial charge in [-0.15, -0.1) is 0 Å². The van der Waals surface area contributed by atoms with Crippen LogP contribution in [-0.4, -0.2) is 36.0 Å². The third kappa shape index (κ3) is 1.70. The van der Waals surface area contributed by atoms with Crippen LogP contribution in [0.5, 0.6) is 11.5 Å². The Morgan fingerprint density at radius 3 is 2.87 bits per heavy atom. The molecule has 4 rings (SSSR count). The minimum absolute atomic E-state index is 0.0838. The number of allylic oxidation sites excluding steroid dienone is 3. The number of hydrogen-bond donors (Lipinski definition) is 2. The van der Waals surface area contributed by atoms with Gasteiger partial charge in [0.25, 0.3) is 0 Å². The van der Waals surface area contributed by atoms with Gasteiger partial charge in [-0.3, -0.25) is 9.79 Å². The molecule has 0 amide bonds. The van der Waals surface area contributed by atoms with E-state index in [1.165, 1.54) is 19.5 Å². The number of ketones is 1. The number of nitrogens with zero attached hydrogens (tertiary/aromatic N) is 3. The van der Waals surface area contributed by atoms with Gasteiger partial charge in [-0.05, 0) is 18.6 Å². The van der Waals surface area contributed by atoms with Gasteiger partial charge in [-0.25, -0.2) is 9.98 Å². The fourth-order valence-electron chi connectivity index (χ4n) is 3.28. The van der Waals surface area contributed by atoms with Crippen LogP contribution in [0.15, 0.2) is 39.0 Å². The van der Waals surface area contributed by atoms with Gasteiger partial charge < -0.3 is 14.9 Å². The van der Waals surface area contributed by atoms with E-state index in [4.69, 9.17) is 4.74 Å². The molecule has 116 valence electrons. The summed E-state index contributed by atoms with van der Waals surface area (Å²) in [4.78, 5) is 24.2. The largest absolute Gasteiger partial charge is 0.505 e. The Morgan fingerprint density at radius 2 is 2.09 bits per heavy atom. The number of phenols is 2. The molecule has 2 heterocycles. The first-order valence-corrected chi connectivity index (χ1v) is 7.11. The molecule has 1 aromatic carbocycles. The van der Waals surface area contributed by atoms with Crippen LogP contribution in [0.25, 0.3) is 0 Å².